The van der Waals surface area contributed by atoms with E-state index in [9.17, 15) is 0 Å². The second-order valence-electron chi connectivity index (χ2n) is 21.0. The number of fused-ring (bicyclic) bond motifs is 20. The summed E-state index contributed by atoms with van der Waals surface area (Å²) >= 11 is 0. The van der Waals surface area contributed by atoms with Crippen LogP contribution in [0.25, 0.3) is 131 Å². The highest BCUT2D eigenvalue weighted by Gasteiger charge is 2.30. The van der Waals surface area contributed by atoms with Gasteiger partial charge in [0.2, 0.25) is 0 Å². The van der Waals surface area contributed by atoms with Crippen LogP contribution in [0.3, 0.4) is 0 Å². The summed E-state index contributed by atoms with van der Waals surface area (Å²) in [5, 5.41) is 15.6. The molecule has 15 rings (SSSR count). The van der Waals surface area contributed by atoms with Crippen molar-refractivity contribution in [3.63, 3.8) is 0 Å². The van der Waals surface area contributed by atoms with Crippen molar-refractivity contribution in [2.75, 3.05) is 0 Å². The van der Waals surface area contributed by atoms with Crippen molar-refractivity contribution in [2.24, 2.45) is 0 Å². The molecule has 0 N–H and O–H groups in total. The molecule has 0 radical (unpaired) electrons. The molecule has 6 aromatic heterocycles. The lowest BCUT2D eigenvalue weighted by Crippen LogP contribution is -2.10. The summed E-state index contributed by atoms with van der Waals surface area (Å²) in [7, 11) is 0. The molecule has 0 fully saturated rings. The third-order valence-corrected chi connectivity index (χ3v) is 15.3. The van der Waals surface area contributed by atoms with Gasteiger partial charge in [0.15, 0.2) is 0 Å². The lowest BCUT2D eigenvalue weighted by Gasteiger charge is -2.19. The first-order valence-corrected chi connectivity index (χ1v) is 23.4. The summed E-state index contributed by atoms with van der Waals surface area (Å²) in [6.45, 7) is 14.0. The first-order valence-electron chi connectivity index (χ1n) is 23.4. The van der Waals surface area contributed by atoms with Crippen LogP contribution in [-0.4, -0.2) is 17.9 Å². The molecule has 0 saturated heterocycles. The normalized spacial score (nSPS) is 13.3. The van der Waals surface area contributed by atoms with Crippen molar-refractivity contribution >= 4 is 120 Å². The molecule has 0 saturated carbocycles. The van der Waals surface area contributed by atoms with E-state index in [-0.39, 0.29) is 10.8 Å². The van der Waals surface area contributed by atoms with Crippen molar-refractivity contribution in [3.05, 3.63) is 181 Å². The van der Waals surface area contributed by atoms with Gasteiger partial charge in [-0.1, -0.05) is 139 Å². The van der Waals surface area contributed by atoms with E-state index >= 15 is 0 Å². The van der Waals surface area contributed by atoms with Crippen molar-refractivity contribution in [2.45, 2.75) is 52.4 Å². The molecule has 314 valence electrons. The number of rotatable bonds is 2. The quantitative estimate of drug-likeness (QED) is 0.165. The second kappa shape index (κ2) is 12.1. The Bertz CT molecular complexity index is 4270. The molecule has 0 aliphatic heterocycles. The maximum absolute atomic E-state index is 2.63. The van der Waals surface area contributed by atoms with E-state index in [0.717, 1.165) is 0 Å². The van der Waals surface area contributed by atoms with Gasteiger partial charge in [-0.15, -0.1) is 0 Å². The lowest BCUT2D eigenvalue weighted by molar-refractivity contribution is 0.590. The summed E-state index contributed by atoms with van der Waals surface area (Å²) in [5.41, 5.74) is 17.5. The Labute approximate surface area is 380 Å². The van der Waals surface area contributed by atoms with Crippen LogP contribution >= 0.6 is 0 Å². The highest BCUT2D eigenvalue weighted by Crippen LogP contribution is 2.52. The number of benzene rings is 9. The third kappa shape index (κ3) is 4.44. The van der Waals surface area contributed by atoms with Gasteiger partial charge in [-0.05, 0) is 94.8 Å². The van der Waals surface area contributed by atoms with Crippen molar-refractivity contribution < 1.29 is 0 Å². The molecule has 9 aromatic carbocycles. The second-order valence-corrected chi connectivity index (χ2v) is 21.0. The monoisotopic (exact) mass is 846 g/mol. The Morgan fingerprint density at radius 1 is 0.273 bits per heavy atom. The zero-order chi connectivity index (χ0) is 44.1. The lowest BCUT2D eigenvalue weighted by atomic mass is 9.86. The van der Waals surface area contributed by atoms with E-state index in [1.807, 2.05) is 0 Å². The van der Waals surface area contributed by atoms with Crippen LogP contribution in [0.5, 0.6) is 0 Å². The Balaban J connectivity index is 1.23. The van der Waals surface area contributed by atoms with Gasteiger partial charge in [-0.2, -0.15) is 0 Å². The largest absolute Gasteiger partial charge is 0.309 e. The van der Waals surface area contributed by atoms with Gasteiger partial charge in [-0.25, -0.2) is 0 Å². The van der Waals surface area contributed by atoms with Crippen LogP contribution < -0.4 is 0 Å². The highest BCUT2D eigenvalue weighted by molar-refractivity contribution is 6.40. The fourth-order valence-corrected chi connectivity index (χ4v) is 12.3. The molecule has 4 heteroatoms. The van der Waals surface area contributed by atoms with E-state index in [0.29, 0.717) is 0 Å². The van der Waals surface area contributed by atoms with Crippen molar-refractivity contribution in [1.29, 1.82) is 0 Å². The number of para-hydroxylation sites is 4. The molecule has 0 unspecified atom stereocenters. The summed E-state index contributed by atoms with van der Waals surface area (Å²) < 4.78 is 10.2. The van der Waals surface area contributed by atoms with Gasteiger partial charge in [0.25, 0.3) is 0 Å². The summed E-state index contributed by atoms with van der Waals surface area (Å²) in [6, 6.07) is 64.5. The molecule has 0 amide bonds. The number of hydrogen-bond donors (Lipinski definition) is 0. The third-order valence-electron chi connectivity index (χ3n) is 15.3. The van der Waals surface area contributed by atoms with Gasteiger partial charge in [0.05, 0.1) is 55.2 Å². The molecular formula is C62H46N4. The predicted molar refractivity (Wildman–Crippen MR) is 282 cm³/mol. The summed E-state index contributed by atoms with van der Waals surface area (Å²) in [5.74, 6) is 0. The molecule has 66 heavy (non-hydrogen) atoms. The van der Waals surface area contributed by atoms with Gasteiger partial charge in [0, 0.05) is 76.0 Å². The maximum atomic E-state index is 2.63. The average molecular weight is 847 g/mol. The molecule has 0 atom stereocenters. The SMILES string of the molecule is CC(C)(C)c1ccc2c3cc4c(c5ccccc5n4-c4ccccc4)c4c5cc6c7c8c9ccccc9n(-c9ccccc9)c8cc8c9ccc(C(C)(C)C)cc9n(c6cc5n(c2c1)c34)c87. The van der Waals surface area contributed by atoms with E-state index in [4.69, 9.17) is 0 Å². The van der Waals surface area contributed by atoms with E-state index in [1.54, 1.807) is 0 Å². The maximum Gasteiger partial charge on any atom is 0.0628 e. The van der Waals surface area contributed by atoms with Crippen molar-refractivity contribution in [1.82, 2.24) is 17.9 Å². The van der Waals surface area contributed by atoms with Crippen LogP contribution in [0.2, 0.25) is 0 Å². The van der Waals surface area contributed by atoms with Gasteiger partial charge in [-0.3, -0.25) is 0 Å². The summed E-state index contributed by atoms with van der Waals surface area (Å²) in [6.07, 6.45) is 0. The average Bonchev–Trinajstić information content (AvgIpc) is 4.15. The zero-order valence-electron chi connectivity index (χ0n) is 38.0. The first-order chi connectivity index (χ1) is 32.0. The van der Waals surface area contributed by atoms with Gasteiger partial charge < -0.3 is 17.9 Å². The van der Waals surface area contributed by atoms with Crippen LogP contribution in [0.15, 0.2) is 170 Å². The minimum absolute atomic E-state index is 0.00962. The number of hydrogen-bond acceptors (Lipinski definition) is 0. The van der Waals surface area contributed by atoms with E-state index in [2.05, 4.69) is 229 Å². The number of aromatic nitrogens is 4. The fraction of sp³-hybridized carbons (Fsp3) is 0.129. The Morgan fingerprint density at radius 3 is 1.09 bits per heavy atom. The molecule has 0 bridgehead atoms. The molecule has 0 aliphatic carbocycles. The number of nitrogens with zero attached hydrogens (tertiary/aromatic N) is 4. The molecule has 6 heterocycles. The Morgan fingerprint density at radius 2 is 0.667 bits per heavy atom. The summed E-state index contributed by atoms with van der Waals surface area (Å²) in [4.78, 5) is 0. The van der Waals surface area contributed by atoms with E-state index in [1.165, 1.54) is 142 Å². The topological polar surface area (TPSA) is 18.7 Å². The van der Waals surface area contributed by atoms with Crippen LogP contribution in [-0.2, 0) is 10.8 Å². The molecule has 0 spiro atoms. The molecule has 15 aromatic rings. The zero-order valence-corrected chi connectivity index (χ0v) is 38.0. The van der Waals surface area contributed by atoms with E-state index < -0.39 is 0 Å². The minimum Gasteiger partial charge on any atom is -0.309 e. The predicted octanol–water partition coefficient (Wildman–Crippen LogP) is 16.8. The smallest absolute Gasteiger partial charge is 0.0628 e. The van der Waals surface area contributed by atoms with Crippen LogP contribution in [0, 0.1) is 0 Å². The first kappa shape index (κ1) is 36.5. The molecule has 4 nitrogen and oxygen atoms in total. The minimum atomic E-state index is -0.00962. The highest BCUT2D eigenvalue weighted by atomic mass is 15.0. The van der Waals surface area contributed by atoms with Crippen LogP contribution in [0.4, 0.5) is 0 Å². The standard InChI is InChI=1S/C62H46N4/c1-61(2,3)35-25-27-39-43-32-53-55(41-21-13-15-23-47(41)63(53)37-17-9-7-10-18-37)57-45-31-46-52(34-51(45)65(59(43)57)49(39)29-35)66-50-30-36(62(4,5)6)26-28-40(50)44-33-54-56(58(46)60(44)66)42-22-14-16-24-48(42)64(54)38-19-11-8-12-20-38/h7-34H,1-6H3. The van der Waals surface area contributed by atoms with Gasteiger partial charge in [0.1, 0.15) is 0 Å². The van der Waals surface area contributed by atoms with Crippen molar-refractivity contribution in [3.8, 4) is 11.4 Å². The fourth-order valence-electron chi connectivity index (χ4n) is 12.3. The Hall–Kier alpha value is -7.82. The Kier molecular flexibility index (Phi) is 6.69. The van der Waals surface area contributed by atoms with Gasteiger partial charge >= 0.3 is 0 Å². The molecular weight excluding hydrogens is 801 g/mol. The van der Waals surface area contributed by atoms with Crippen LogP contribution in [0.1, 0.15) is 52.7 Å². The molecule has 0 aliphatic rings.